The number of anilines is 1. The number of carboxylic acids is 1. The van der Waals surface area contributed by atoms with E-state index >= 15 is 0 Å². The highest BCUT2D eigenvalue weighted by molar-refractivity contribution is 6.17. The Hall–Kier alpha value is -2.52. The second kappa shape index (κ2) is 9.42. The standard InChI is InChI=1S/C15H16ClN3O3/c16-6-1-7-18-15(22)12(9-17)10-19-13-4-2-11(3-5-13)8-14(20)21/h2-5,10,19H,1,6-8H2,(H,18,22)(H,20,21)/b12-10-. The lowest BCUT2D eigenvalue weighted by Gasteiger charge is -2.05. The first-order valence-electron chi connectivity index (χ1n) is 6.58. The molecule has 0 bridgehead atoms. The monoisotopic (exact) mass is 321 g/mol. The third-order valence-corrected chi connectivity index (χ3v) is 2.92. The molecular formula is C15H16ClN3O3. The van der Waals surface area contributed by atoms with Gasteiger partial charge in [0, 0.05) is 24.3 Å². The highest BCUT2D eigenvalue weighted by atomic mass is 35.5. The van der Waals surface area contributed by atoms with Gasteiger partial charge in [0.05, 0.1) is 6.42 Å². The molecule has 1 rings (SSSR count). The van der Waals surface area contributed by atoms with Gasteiger partial charge < -0.3 is 15.7 Å². The minimum Gasteiger partial charge on any atom is -0.481 e. The van der Waals surface area contributed by atoms with Crippen LogP contribution in [0.1, 0.15) is 12.0 Å². The van der Waals surface area contributed by atoms with E-state index in [0.29, 0.717) is 30.1 Å². The van der Waals surface area contributed by atoms with Gasteiger partial charge in [-0.15, -0.1) is 11.6 Å². The number of hydrogen-bond donors (Lipinski definition) is 3. The Balaban J connectivity index is 2.62. The van der Waals surface area contributed by atoms with E-state index in [9.17, 15) is 9.59 Å². The fourth-order valence-electron chi connectivity index (χ4n) is 1.56. The molecule has 0 spiro atoms. The van der Waals surface area contributed by atoms with Gasteiger partial charge in [-0.3, -0.25) is 9.59 Å². The lowest BCUT2D eigenvalue weighted by molar-refractivity contribution is -0.136. The Morgan fingerprint density at radius 2 is 2.00 bits per heavy atom. The molecule has 0 aromatic heterocycles. The molecule has 0 fully saturated rings. The van der Waals surface area contributed by atoms with E-state index in [1.807, 2.05) is 6.07 Å². The molecule has 1 aromatic rings. The summed E-state index contributed by atoms with van der Waals surface area (Å²) in [5, 5.41) is 23.1. The molecule has 0 heterocycles. The van der Waals surface area contributed by atoms with Crippen molar-refractivity contribution in [3.8, 4) is 6.07 Å². The molecule has 0 aliphatic heterocycles. The zero-order valence-electron chi connectivity index (χ0n) is 11.8. The van der Waals surface area contributed by atoms with Crippen molar-refractivity contribution < 1.29 is 14.7 Å². The molecule has 7 heteroatoms. The maximum atomic E-state index is 11.7. The molecule has 0 aliphatic rings. The Kier molecular flexibility index (Phi) is 7.51. The van der Waals surface area contributed by atoms with Crippen molar-refractivity contribution in [2.75, 3.05) is 17.7 Å². The van der Waals surface area contributed by atoms with E-state index in [1.54, 1.807) is 24.3 Å². The number of alkyl halides is 1. The van der Waals surface area contributed by atoms with E-state index in [1.165, 1.54) is 6.20 Å². The zero-order valence-corrected chi connectivity index (χ0v) is 12.6. The molecule has 22 heavy (non-hydrogen) atoms. The summed E-state index contributed by atoms with van der Waals surface area (Å²) in [5.41, 5.74) is 1.26. The maximum Gasteiger partial charge on any atom is 0.307 e. The number of carboxylic acid groups (broad SMARTS) is 1. The third kappa shape index (κ3) is 6.29. The van der Waals surface area contributed by atoms with E-state index < -0.39 is 11.9 Å². The summed E-state index contributed by atoms with van der Waals surface area (Å²) in [6, 6.07) is 8.49. The van der Waals surface area contributed by atoms with Gasteiger partial charge in [0.1, 0.15) is 11.6 Å². The van der Waals surface area contributed by atoms with E-state index in [0.717, 1.165) is 0 Å². The van der Waals surface area contributed by atoms with Gasteiger partial charge in [0.15, 0.2) is 0 Å². The van der Waals surface area contributed by atoms with Crippen LogP contribution < -0.4 is 10.6 Å². The van der Waals surface area contributed by atoms with Crippen LogP contribution in [0.25, 0.3) is 0 Å². The second-order valence-corrected chi connectivity index (χ2v) is 4.76. The van der Waals surface area contributed by atoms with Crippen LogP contribution in [0.4, 0.5) is 5.69 Å². The summed E-state index contributed by atoms with van der Waals surface area (Å²) in [7, 11) is 0. The summed E-state index contributed by atoms with van der Waals surface area (Å²) in [6.45, 7) is 0.408. The number of nitriles is 1. The SMILES string of the molecule is N#C/C(=C/Nc1ccc(CC(=O)O)cc1)C(=O)NCCCCl. The number of carbonyl (C=O) groups is 2. The third-order valence-electron chi connectivity index (χ3n) is 2.65. The average Bonchev–Trinajstić information content (AvgIpc) is 2.49. The van der Waals surface area contributed by atoms with E-state index in [2.05, 4.69) is 10.6 Å². The number of nitrogens with one attached hydrogen (secondary N) is 2. The van der Waals surface area contributed by atoms with Crippen molar-refractivity contribution in [1.82, 2.24) is 5.32 Å². The first-order valence-corrected chi connectivity index (χ1v) is 7.12. The van der Waals surface area contributed by atoms with Crippen LogP contribution in [-0.4, -0.2) is 29.4 Å². The number of amides is 1. The predicted octanol–water partition coefficient (Wildman–Crippen LogP) is 1.88. The molecular weight excluding hydrogens is 306 g/mol. The van der Waals surface area contributed by atoms with Crippen molar-refractivity contribution in [3.63, 3.8) is 0 Å². The summed E-state index contributed by atoms with van der Waals surface area (Å²) in [4.78, 5) is 22.3. The Bertz CT molecular complexity index is 591. The quantitative estimate of drug-likeness (QED) is 0.293. The highest BCUT2D eigenvalue weighted by Gasteiger charge is 2.07. The molecule has 1 aromatic carbocycles. The number of carbonyl (C=O) groups excluding carboxylic acids is 1. The van der Waals surface area contributed by atoms with Crippen molar-refractivity contribution in [3.05, 3.63) is 41.6 Å². The molecule has 1 amide bonds. The van der Waals surface area contributed by atoms with Crippen LogP contribution in [0.5, 0.6) is 0 Å². The second-order valence-electron chi connectivity index (χ2n) is 4.38. The van der Waals surface area contributed by atoms with Gasteiger partial charge in [-0.1, -0.05) is 12.1 Å². The molecule has 3 N–H and O–H groups in total. The number of hydrogen-bond acceptors (Lipinski definition) is 4. The van der Waals surface area contributed by atoms with Crippen LogP contribution in [-0.2, 0) is 16.0 Å². The van der Waals surface area contributed by atoms with Gasteiger partial charge in [0.25, 0.3) is 5.91 Å². The topological polar surface area (TPSA) is 102 Å². The van der Waals surface area contributed by atoms with Crippen molar-refractivity contribution >= 4 is 29.2 Å². The average molecular weight is 322 g/mol. The van der Waals surface area contributed by atoms with Crippen LogP contribution in [0.15, 0.2) is 36.0 Å². The van der Waals surface area contributed by atoms with Gasteiger partial charge in [-0.2, -0.15) is 5.26 Å². The molecule has 116 valence electrons. The van der Waals surface area contributed by atoms with E-state index in [-0.39, 0.29) is 12.0 Å². The molecule has 0 atom stereocenters. The fraction of sp³-hybridized carbons (Fsp3) is 0.267. The molecule has 0 radical (unpaired) electrons. The van der Waals surface area contributed by atoms with Gasteiger partial charge in [-0.05, 0) is 24.1 Å². The lowest BCUT2D eigenvalue weighted by atomic mass is 10.1. The minimum absolute atomic E-state index is 0.0517. The normalized spacial score (nSPS) is 10.6. The number of rotatable bonds is 8. The molecule has 6 nitrogen and oxygen atoms in total. The Morgan fingerprint density at radius 3 is 2.55 bits per heavy atom. The number of benzene rings is 1. The fourth-order valence-corrected chi connectivity index (χ4v) is 1.70. The first-order chi connectivity index (χ1) is 10.6. The maximum absolute atomic E-state index is 11.7. The van der Waals surface area contributed by atoms with Crippen LogP contribution >= 0.6 is 11.6 Å². The minimum atomic E-state index is -0.902. The number of aliphatic carboxylic acids is 1. The van der Waals surface area contributed by atoms with E-state index in [4.69, 9.17) is 22.0 Å². The highest BCUT2D eigenvalue weighted by Crippen LogP contribution is 2.10. The van der Waals surface area contributed by atoms with Crippen LogP contribution in [0.2, 0.25) is 0 Å². The molecule has 0 aliphatic carbocycles. The van der Waals surface area contributed by atoms with Crippen molar-refractivity contribution in [2.45, 2.75) is 12.8 Å². The van der Waals surface area contributed by atoms with Crippen LogP contribution in [0, 0.1) is 11.3 Å². The smallest absolute Gasteiger partial charge is 0.307 e. The van der Waals surface area contributed by atoms with Crippen LogP contribution in [0.3, 0.4) is 0 Å². The predicted molar refractivity (Wildman–Crippen MR) is 83.4 cm³/mol. The van der Waals surface area contributed by atoms with Crippen molar-refractivity contribution in [2.24, 2.45) is 0 Å². The molecule has 0 saturated heterocycles. The Labute approximate surface area is 133 Å². The van der Waals surface area contributed by atoms with Gasteiger partial charge >= 0.3 is 5.97 Å². The van der Waals surface area contributed by atoms with Gasteiger partial charge in [-0.25, -0.2) is 0 Å². The first kappa shape index (κ1) is 17.5. The van der Waals surface area contributed by atoms with Crippen molar-refractivity contribution in [1.29, 1.82) is 5.26 Å². The largest absolute Gasteiger partial charge is 0.481 e. The summed E-state index contributed by atoms with van der Waals surface area (Å²) >= 11 is 5.50. The summed E-state index contributed by atoms with van der Waals surface area (Å²) < 4.78 is 0. The Morgan fingerprint density at radius 1 is 1.32 bits per heavy atom. The molecule has 0 saturated carbocycles. The lowest BCUT2D eigenvalue weighted by Crippen LogP contribution is -2.26. The summed E-state index contributed by atoms with van der Waals surface area (Å²) in [6.07, 6.45) is 1.88. The number of nitrogens with zero attached hydrogens (tertiary/aromatic N) is 1. The zero-order chi connectivity index (χ0) is 16.4. The summed E-state index contributed by atoms with van der Waals surface area (Å²) in [5.74, 6) is -0.934. The number of halogens is 1. The van der Waals surface area contributed by atoms with Gasteiger partial charge in [0.2, 0.25) is 0 Å². The molecule has 0 unspecified atom stereocenters.